The van der Waals surface area contributed by atoms with Crippen molar-refractivity contribution in [3.05, 3.63) is 78.0 Å². The maximum atomic E-state index is 13.0. The van der Waals surface area contributed by atoms with Gasteiger partial charge in [0.25, 0.3) is 5.91 Å². The Labute approximate surface area is 168 Å². The zero-order valence-corrected chi connectivity index (χ0v) is 16.5. The number of hydrogen-bond acceptors (Lipinski definition) is 5. The number of ether oxygens (including phenoxy) is 1. The van der Waals surface area contributed by atoms with Crippen LogP contribution in [-0.4, -0.2) is 44.7 Å². The lowest BCUT2D eigenvalue weighted by atomic mass is 10.2. The molecule has 0 atom stereocenters. The summed E-state index contributed by atoms with van der Waals surface area (Å²) in [6.45, 7) is 2.21. The van der Waals surface area contributed by atoms with Crippen LogP contribution in [0.25, 0.3) is 16.6 Å². The molecule has 146 valence electrons. The lowest BCUT2D eigenvalue weighted by molar-refractivity contribution is 0.0772. The molecule has 0 saturated carbocycles. The number of aryl methyl sites for hydroxylation is 1. The van der Waals surface area contributed by atoms with Crippen molar-refractivity contribution in [3.63, 3.8) is 0 Å². The molecule has 0 spiro atoms. The average Bonchev–Trinajstić information content (AvgIpc) is 3.18. The molecule has 0 radical (unpaired) electrons. The molecule has 0 unspecified atom stereocenters. The van der Waals surface area contributed by atoms with Crippen molar-refractivity contribution in [2.45, 2.75) is 13.5 Å². The van der Waals surface area contributed by atoms with Gasteiger partial charge in [-0.15, -0.1) is 0 Å². The van der Waals surface area contributed by atoms with Gasteiger partial charge in [0.2, 0.25) is 0 Å². The molecule has 0 fully saturated rings. The second-order valence-electron chi connectivity index (χ2n) is 6.73. The van der Waals surface area contributed by atoms with E-state index in [1.807, 2.05) is 61.5 Å². The topological polar surface area (TPSA) is 73.1 Å². The first-order chi connectivity index (χ1) is 14.1. The van der Waals surface area contributed by atoms with Crippen molar-refractivity contribution in [2.24, 2.45) is 0 Å². The predicted octanol–water partition coefficient (Wildman–Crippen LogP) is 3.40. The highest BCUT2D eigenvalue weighted by Gasteiger charge is 2.22. The maximum Gasteiger partial charge on any atom is 0.278 e. The van der Waals surface area contributed by atoms with Gasteiger partial charge in [-0.3, -0.25) is 4.79 Å². The van der Waals surface area contributed by atoms with Crippen LogP contribution in [0.15, 0.2) is 60.8 Å². The molecule has 7 heteroatoms. The Morgan fingerprint density at radius 1 is 1.07 bits per heavy atom. The van der Waals surface area contributed by atoms with Gasteiger partial charge < -0.3 is 9.64 Å². The van der Waals surface area contributed by atoms with Crippen LogP contribution in [0.5, 0.6) is 5.75 Å². The second-order valence-corrected chi connectivity index (χ2v) is 6.73. The molecule has 0 saturated heterocycles. The standard InChI is InChI=1S/C22H21N5O2/c1-15-17-11-7-8-12-18(17)24-20(23-15)14-26(2)22(28)21-19(29-3)13-27(25-21)16-9-5-4-6-10-16/h4-13H,14H2,1-3H3. The number of carbonyl (C=O) groups is 1. The Balaban J connectivity index is 1.60. The Hall–Kier alpha value is -3.74. The average molecular weight is 387 g/mol. The maximum absolute atomic E-state index is 13.0. The number of hydrogen-bond donors (Lipinski definition) is 0. The number of amides is 1. The Kier molecular flexibility index (Phi) is 4.95. The van der Waals surface area contributed by atoms with Crippen LogP contribution in [0.1, 0.15) is 22.0 Å². The third-order valence-electron chi connectivity index (χ3n) is 4.69. The van der Waals surface area contributed by atoms with Crippen molar-refractivity contribution >= 4 is 16.8 Å². The number of fused-ring (bicyclic) bond motifs is 1. The highest BCUT2D eigenvalue weighted by Crippen LogP contribution is 2.21. The summed E-state index contributed by atoms with van der Waals surface area (Å²) >= 11 is 0. The molecular formula is C22H21N5O2. The van der Waals surface area contributed by atoms with Crippen molar-refractivity contribution in [2.75, 3.05) is 14.2 Å². The summed E-state index contributed by atoms with van der Waals surface area (Å²) in [5.41, 5.74) is 2.84. The molecule has 0 bridgehead atoms. The fourth-order valence-corrected chi connectivity index (χ4v) is 3.20. The molecule has 0 aliphatic rings. The lowest BCUT2D eigenvalue weighted by Gasteiger charge is -2.16. The third kappa shape index (κ3) is 3.67. The largest absolute Gasteiger partial charge is 0.493 e. The molecule has 4 rings (SSSR count). The summed E-state index contributed by atoms with van der Waals surface area (Å²) in [7, 11) is 3.23. The highest BCUT2D eigenvalue weighted by molar-refractivity contribution is 5.94. The summed E-state index contributed by atoms with van der Waals surface area (Å²) in [6.07, 6.45) is 1.70. The van der Waals surface area contributed by atoms with Crippen molar-refractivity contribution in [1.82, 2.24) is 24.6 Å². The SMILES string of the molecule is COc1cn(-c2ccccc2)nc1C(=O)N(C)Cc1nc(C)c2ccccc2n1. The minimum Gasteiger partial charge on any atom is -0.493 e. The van der Waals surface area contributed by atoms with Gasteiger partial charge in [0.05, 0.1) is 31.1 Å². The van der Waals surface area contributed by atoms with Crippen LogP contribution in [0.4, 0.5) is 0 Å². The van der Waals surface area contributed by atoms with Gasteiger partial charge in [0, 0.05) is 18.1 Å². The zero-order valence-electron chi connectivity index (χ0n) is 16.5. The number of para-hydroxylation sites is 2. The van der Waals surface area contributed by atoms with Crippen LogP contribution in [0, 0.1) is 6.92 Å². The third-order valence-corrected chi connectivity index (χ3v) is 4.69. The van der Waals surface area contributed by atoms with Gasteiger partial charge in [0.15, 0.2) is 11.4 Å². The van der Waals surface area contributed by atoms with E-state index < -0.39 is 0 Å². The molecule has 7 nitrogen and oxygen atoms in total. The fraction of sp³-hybridized carbons (Fsp3) is 0.182. The van der Waals surface area contributed by atoms with Gasteiger partial charge >= 0.3 is 0 Å². The van der Waals surface area contributed by atoms with Gasteiger partial charge in [-0.2, -0.15) is 5.10 Å². The molecule has 2 aromatic heterocycles. The molecular weight excluding hydrogens is 366 g/mol. The fourth-order valence-electron chi connectivity index (χ4n) is 3.20. The summed E-state index contributed by atoms with van der Waals surface area (Å²) in [4.78, 5) is 23.7. The van der Waals surface area contributed by atoms with E-state index in [9.17, 15) is 4.79 Å². The van der Waals surface area contributed by atoms with Gasteiger partial charge in [0.1, 0.15) is 5.82 Å². The Morgan fingerprint density at radius 3 is 2.55 bits per heavy atom. The van der Waals surface area contributed by atoms with Crippen LogP contribution < -0.4 is 4.74 Å². The Morgan fingerprint density at radius 2 is 1.79 bits per heavy atom. The van der Waals surface area contributed by atoms with Crippen LogP contribution in [0.3, 0.4) is 0 Å². The summed E-state index contributed by atoms with van der Waals surface area (Å²) in [6, 6.07) is 17.4. The molecule has 0 aliphatic carbocycles. The van der Waals surface area contributed by atoms with Gasteiger partial charge in [-0.1, -0.05) is 36.4 Å². The normalized spacial score (nSPS) is 10.9. The molecule has 2 aromatic carbocycles. The predicted molar refractivity (Wildman–Crippen MR) is 110 cm³/mol. The molecule has 29 heavy (non-hydrogen) atoms. The summed E-state index contributed by atoms with van der Waals surface area (Å²) in [5.74, 6) is 0.741. The quantitative estimate of drug-likeness (QED) is 0.525. The van der Waals surface area contributed by atoms with E-state index in [0.717, 1.165) is 22.3 Å². The lowest BCUT2D eigenvalue weighted by Crippen LogP contribution is -2.28. The number of methoxy groups -OCH3 is 1. The van der Waals surface area contributed by atoms with E-state index in [2.05, 4.69) is 15.1 Å². The molecule has 4 aromatic rings. The number of aromatic nitrogens is 4. The number of rotatable bonds is 5. The molecule has 2 heterocycles. The van der Waals surface area contributed by atoms with Crippen molar-refractivity contribution in [3.8, 4) is 11.4 Å². The van der Waals surface area contributed by atoms with E-state index in [1.54, 1.807) is 22.8 Å². The monoisotopic (exact) mass is 387 g/mol. The van der Waals surface area contributed by atoms with E-state index in [-0.39, 0.29) is 18.1 Å². The van der Waals surface area contributed by atoms with E-state index in [4.69, 9.17) is 4.74 Å². The smallest absolute Gasteiger partial charge is 0.278 e. The van der Waals surface area contributed by atoms with E-state index >= 15 is 0 Å². The number of nitrogens with zero attached hydrogens (tertiary/aromatic N) is 5. The summed E-state index contributed by atoms with van der Waals surface area (Å²) < 4.78 is 7.02. The van der Waals surface area contributed by atoms with Crippen LogP contribution >= 0.6 is 0 Å². The van der Waals surface area contributed by atoms with E-state index in [0.29, 0.717) is 11.6 Å². The zero-order chi connectivity index (χ0) is 20.4. The van der Waals surface area contributed by atoms with Crippen LogP contribution in [-0.2, 0) is 6.54 Å². The molecule has 0 aliphatic heterocycles. The van der Waals surface area contributed by atoms with Gasteiger partial charge in [-0.05, 0) is 25.1 Å². The minimum absolute atomic E-state index is 0.247. The first kappa shape index (κ1) is 18.6. The van der Waals surface area contributed by atoms with Crippen molar-refractivity contribution in [1.29, 1.82) is 0 Å². The first-order valence-electron chi connectivity index (χ1n) is 9.23. The molecule has 1 amide bonds. The highest BCUT2D eigenvalue weighted by atomic mass is 16.5. The second kappa shape index (κ2) is 7.71. The molecule has 0 N–H and O–H groups in total. The number of carbonyl (C=O) groups excluding carboxylic acids is 1. The minimum atomic E-state index is -0.258. The van der Waals surface area contributed by atoms with Crippen molar-refractivity contribution < 1.29 is 9.53 Å². The Bertz CT molecular complexity index is 1170. The van der Waals surface area contributed by atoms with E-state index in [1.165, 1.54) is 7.11 Å². The first-order valence-corrected chi connectivity index (χ1v) is 9.23. The van der Waals surface area contributed by atoms with Gasteiger partial charge in [-0.25, -0.2) is 14.6 Å². The number of benzene rings is 2. The van der Waals surface area contributed by atoms with Crippen LogP contribution in [0.2, 0.25) is 0 Å². The summed E-state index contributed by atoms with van der Waals surface area (Å²) in [5, 5.41) is 5.45.